The van der Waals surface area contributed by atoms with Crippen molar-refractivity contribution in [3.05, 3.63) is 48.0 Å². The summed E-state index contributed by atoms with van der Waals surface area (Å²) in [6.45, 7) is 4.65. The van der Waals surface area contributed by atoms with Crippen LogP contribution in [0.25, 0.3) is 0 Å². The van der Waals surface area contributed by atoms with Crippen molar-refractivity contribution in [2.75, 3.05) is 13.7 Å². The maximum atomic E-state index is 13.0. The summed E-state index contributed by atoms with van der Waals surface area (Å²) in [5.74, 6) is -5.71. The zero-order valence-electron chi connectivity index (χ0n) is 18.5. The Morgan fingerprint density at radius 3 is 2.26 bits per heavy atom. The second-order valence-electron chi connectivity index (χ2n) is 7.80. The molecule has 184 valence electrons. The minimum Gasteiger partial charge on any atom is -0.479 e. The Labute approximate surface area is 200 Å². The molecule has 13 heteroatoms. The van der Waals surface area contributed by atoms with Gasteiger partial charge in [0.15, 0.2) is 0 Å². The van der Waals surface area contributed by atoms with E-state index in [0.29, 0.717) is 5.56 Å². The van der Waals surface area contributed by atoms with E-state index in [-0.39, 0.29) is 12.0 Å². The van der Waals surface area contributed by atoms with Gasteiger partial charge in [-0.25, -0.2) is 19.8 Å². The summed E-state index contributed by atoms with van der Waals surface area (Å²) in [7, 11) is 1.10. The minimum absolute atomic E-state index is 0.0899. The number of nitrogens with zero attached hydrogens (tertiary/aromatic N) is 1. The first-order valence-corrected chi connectivity index (χ1v) is 10.4. The van der Waals surface area contributed by atoms with E-state index in [4.69, 9.17) is 0 Å². The van der Waals surface area contributed by atoms with Crippen molar-refractivity contribution in [3.63, 3.8) is 0 Å². The molecule has 1 aliphatic rings. The fraction of sp³-hybridized carbons (Fsp3) is 0.381. The van der Waals surface area contributed by atoms with Crippen LogP contribution in [-0.4, -0.2) is 75.6 Å². The summed E-state index contributed by atoms with van der Waals surface area (Å²) in [6.07, 6.45) is -0.889. The maximum absolute atomic E-state index is 13.0. The predicted molar refractivity (Wildman–Crippen MR) is 121 cm³/mol. The average Bonchev–Trinajstić information content (AvgIpc) is 2.79. The molecule has 2 atom stereocenters. The molecular weight excluding hydrogens is 468 g/mol. The van der Waals surface area contributed by atoms with E-state index in [9.17, 15) is 34.2 Å². The molecule has 0 unspecified atom stereocenters. The Morgan fingerprint density at radius 2 is 1.79 bits per heavy atom. The number of hydrogen-bond acceptors (Lipinski definition) is 9. The van der Waals surface area contributed by atoms with E-state index in [1.54, 1.807) is 30.3 Å². The first-order valence-electron chi connectivity index (χ1n) is 9.97. The lowest BCUT2D eigenvalue weighted by molar-refractivity contribution is -0.176. The van der Waals surface area contributed by atoms with Gasteiger partial charge in [0, 0.05) is 6.42 Å². The van der Waals surface area contributed by atoms with Gasteiger partial charge in [0.05, 0.1) is 19.1 Å². The van der Waals surface area contributed by atoms with Gasteiger partial charge in [0.2, 0.25) is 17.4 Å². The van der Waals surface area contributed by atoms with Crippen LogP contribution >= 0.6 is 12.8 Å². The van der Waals surface area contributed by atoms with E-state index in [1.807, 2.05) is 4.83 Å². The van der Waals surface area contributed by atoms with Crippen molar-refractivity contribution in [1.29, 1.82) is 0 Å². The van der Waals surface area contributed by atoms with E-state index in [0.717, 1.165) is 12.0 Å². The summed E-state index contributed by atoms with van der Waals surface area (Å²) in [5.41, 5.74) is -1.57. The number of carbonyl (C=O) groups is 5. The minimum atomic E-state index is -2.71. The first kappa shape index (κ1) is 26.8. The quantitative estimate of drug-likeness (QED) is 0.0543. The van der Waals surface area contributed by atoms with E-state index >= 15 is 0 Å². The van der Waals surface area contributed by atoms with Crippen LogP contribution in [0.4, 0.5) is 0 Å². The van der Waals surface area contributed by atoms with Gasteiger partial charge in [0.1, 0.15) is 12.6 Å². The molecule has 2 rings (SSSR count). The smallest absolute Gasteiger partial charge is 0.337 e. The molecule has 34 heavy (non-hydrogen) atoms. The molecule has 12 nitrogen and oxygen atoms in total. The number of carboxylic acid groups (broad SMARTS) is 2. The lowest BCUT2D eigenvalue weighted by Crippen LogP contribution is -2.83. The van der Waals surface area contributed by atoms with Crippen molar-refractivity contribution in [3.8, 4) is 0 Å². The molecule has 1 heterocycles. The Morgan fingerprint density at radius 1 is 1.21 bits per heavy atom. The molecule has 2 amide bonds. The number of esters is 1. The molecule has 5 N–H and O–H groups in total. The molecule has 1 saturated heterocycles. The summed E-state index contributed by atoms with van der Waals surface area (Å²) in [5, 5.41) is 22.2. The summed E-state index contributed by atoms with van der Waals surface area (Å²) in [6, 6.07) is 7.27. The number of nitrogens with one attached hydrogen (secondary N) is 3. The van der Waals surface area contributed by atoms with Gasteiger partial charge in [-0.1, -0.05) is 55.3 Å². The number of β-lactam (4-membered cyclic amide) rings is 1. The number of benzene rings is 1. The number of ether oxygens (including phenoxy) is 1. The Hall–Kier alpha value is -3.42. The van der Waals surface area contributed by atoms with E-state index < -0.39 is 59.8 Å². The molecule has 1 aromatic carbocycles. The van der Waals surface area contributed by atoms with Gasteiger partial charge in [-0.15, -0.1) is 0 Å². The highest BCUT2D eigenvalue weighted by Crippen LogP contribution is 2.44. The SMILES string of the molecule is C=C(C)[C@]1(CC(NNS)(C(=O)O)C(=O)O)[C@@H](NC(=O)Cc2ccccc2)C(=O)N1CC(=O)OC. The molecule has 1 aromatic rings. The molecule has 0 saturated carbocycles. The number of likely N-dealkylation sites (tertiary alicyclic amines) is 1. The highest BCUT2D eigenvalue weighted by molar-refractivity contribution is 7.78. The molecule has 0 aliphatic carbocycles. The van der Waals surface area contributed by atoms with Gasteiger partial charge in [-0.05, 0) is 12.5 Å². The van der Waals surface area contributed by atoms with Crippen molar-refractivity contribution in [2.45, 2.75) is 36.9 Å². The number of hydrogen-bond donors (Lipinski definition) is 6. The topological polar surface area (TPSA) is 174 Å². The van der Waals surface area contributed by atoms with Gasteiger partial charge in [-0.2, -0.15) is 0 Å². The number of carbonyl (C=O) groups excluding carboxylic acids is 3. The highest BCUT2D eigenvalue weighted by atomic mass is 32.1. The normalized spacial score (nSPS) is 19.7. The van der Waals surface area contributed by atoms with E-state index in [1.165, 1.54) is 6.92 Å². The second-order valence-corrected chi connectivity index (χ2v) is 8.02. The number of hydrazine groups is 1. The molecule has 0 aromatic heterocycles. The number of amides is 2. The zero-order chi connectivity index (χ0) is 25.7. The third-order valence-corrected chi connectivity index (χ3v) is 5.88. The Bertz CT molecular complexity index is 988. The van der Waals surface area contributed by atoms with Gasteiger partial charge in [-0.3, -0.25) is 14.4 Å². The van der Waals surface area contributed by atoms with Crippen LogP contribution in [-0.2, 0) is 35.1 Å². The number of thiol groups is 1. The van der Waals surface area contributed by atoms with Crippen molar-refractivity contribution in [2.24, 2.45) is 0 Å². The monoisotopic (exact) mass is 494 g/mol. The number of aliphatic carboxylic acids is 2. The number of rotatable bonds is 12. The van der Waals surface area contributed by atoms with Crippen LogP contribution in [0.2, 0.25) is 0 Å². The van der Waals surface area contributed by atoms with Crippen LogP contribution in [0.3, 0.4) is 0 Å². The van der Waals surface area contributed by atoms with Crippen molar-refractivity contribution >= 4 is 42.5 Å². The lowest BCUT2D eigenvalue weighted by atomic mass is 9.66. The van der Waals surface area contributed by atoms with Crippen molar-refractivity contribution < 1.29 is 38.9 Å². The van der Waals surface area contributed by atoms with Crippen LogP contribution in [0.15, 0.2) is 42.5 Å². The Kier molecular flexibility index (Phi) is 8.42. The summed E-state index contributed by atoms with van der Waals surface area (Å²) in [4.78, 5) is 64.9. The average molecular weight is 495 g/mol. The van der Waals surface area contributed by atoms with Crippen LogP contribution in [0.1, 0.15) is 18.9 Å². The number of carboxylic acids is 2. The molecule has 0 bridgehead atoms. The zero-order valence-corrected chi connectivity index (χ0v) is 19.4. The van der Waals surface area contributed by atoms with E-state index in [2.05, 4.69) is 34.9 Å². The standard InChI is InChI=1S/C21H26N4O8S/c1-12(2)21(11-20(18(29)30,19(31)32)23-24-34)16(17(28)25(21)10-15(27)33-3)22-14(26)9-13-7-5-4-6-8-13/h4-8,16,23-24,34H,1,9-11H2,2-3H3,(H,22,26)(H,29,30)(H,31,32)/t16-,21+/m0/s1. The van der Waals surface area contributed by atoms with Crippen LogP contribution < -0.4 is 15.6 Å². The highest BCUT2D eigenvalue weighted by Gasteiger charge is 2.67. The molecule has 1 fully saturated rings. The summed E-state index contributed by atoms with van der Waals surface area (Å²) < 4.78 is 4.62. The van der Waals surface area contributed by atoms with Crippen LogP contribution in [0, 0.1) is 0 Å². The van der Waals surface area contributed by atoms with Crippen molar-refractivity contribution in [1.82, 2.24) is 20.5 Å². The molecule has 0 spiro atoms. The van der Waals surface area contributed by atoms with Gasteiger partial charge in [0.25, 0.3) is 0 Å². The molecule has 0 radical (unpaired) electrons. The third kappa shape index (κ3) is 4.90. The molecular formula is C21H26N4O8S. The maximum Gasteiger partial charge on any atom is 0.337 e. The first-order chi connectivity index (χ1) is 16.0. The predicted octanol–water partition coefficient (Wildman–Crippen LogP) is -0.719. The van der Waals surface area contributed by atoms with Gasteiger partial charge >= 0.3 is 17.9 Å². The number of methoxy groups -OCH3 is 1. The third-order valence-electron chi connectivity index (χ3n) is 5.77. The second kappa shape index (κ2) is 10.7. The molecule has 1 aliphatic heterocycles. The fourth-order valence-corrected chi connectivity index (χ4v) is 4.14. The van der Waals surface area contributed by atoms with Crippen LogP contribution in [0.5, 0.6) is 0 Å². The fourth-order valence-electron chi connectivity index (χ4n) is 3.95. The summed E-state index contributed by atoms with van der Waals surface area (Å²) >= 11 is 3.66. The lowest BCUT2D eigenvalue weighted by Gasteiger charge is -2.59. The largest absolute Gasteiger partial charge is 0.479 e. The van der Waals surface area contributed by atoms with Gasteiger partial charge < -0.3 is 25.2 Å². The Balaban J connectivity index is 2.52.